The van der Waals surface area contributed by atoms with E-state index in [9.17, 15) is 4.39 Å². The first-order chi connectivity index (χ1) is 7.63. The van der Waals surface area contributed by atoms with Crippen molar-refractivity contribution in [3.63, 3.8) is 0 Å². The number of ether oxygens (including phenoxy) is 1. The van der Waals surface area contributed by atoms with Gasteiger partial charge in [0.2, 0.25) is 0 Å². The van der Waals surface area contributed by atoms with E-state index in [1.165, 1.54) is 0 Å². The maximum atomic E-state index is 13.5. The van der Waals surface area contributed by atoms with E-state index in [0.29, 0.717) is 12.4 Å². The van der Waals surface area contributed by atoms with Gasteiger partial charge < -0.3 is 9.64 Å². The summed E-state index contributed by atoms with van der Waals surface area (Å²) in [7, 11) is 4.02. The first-order valence-electron chi connectivity index (χ1n) is 5.69. The van der Waals surface area contributed by atoms with Gasteiger partial charge in [-0.1, -0.05) is 13.0 Å². The lowest BCUT2D eigenvalue weighted by molar-refractivity contribution is 0.271. The van der Waals surface area contributed by atoms with Crippen molar-refractivity contribution >= 4 is 0 Å². The van der Waals surface area contributed by atoms with Crippen molar-refractivity contribution < 1.29 is 9.13 Å². The zero-order valence-corrected chi connectivity index (χ0v) is 10.3. The predicted molar refractivity (Wildman–Crippen MR) is 64.4 cm³/mol. The van der Waals surface area contributed by atoms with Gasteiger partial charge in [-0.2, -0.15) is 0 Å². The molecule has 0 unspecified atom stereocenters. The molecule has 1 aromatic carbocycles. The molecule has 3 heteroatoms. The maximum absolute atomic E-state index is 13.5. The van der Waals surface area contributed by atoms with Crippen LogP contribution in [0.1, 0.15) is 18.9 Å². The van der Waals surface area contributed by atoms with E-state index in [4.69, 9.17) is 4.74 Å². The molecule has 2 nitrogen and oxygen atoms in total. The summed E-state index contributed by atoms with van der Waals surface area (Å²) in [6, 6.07) is 5.16. The van der Waals surface area contributed by atoms with Crippen molar-refractivity contribution in [3.8, 4) is 5.75 Å². The summed E-state index contributed by atoms with van der Waals surface area (Å²) in [6.07, 6.45) is 1.75. The van der Waals surface area contributed by atoms with Gasteiger partial charge in [-0.25, -0.2) is 4.39 Å². The van der Waals surface area contributed by atoms with E-state index >= 15 is 0 Å². The highest BCUT2D eigenvalue weighted by Crippen LogP contribution is 2.18. The lowest BCUT2D eigenvalue weighted by Gasteiger charge is -2.11. The predicted octanol–water partition coefficient (Wildman–Crippen LogP) is 2.72. The fraction of sp³-hybridized carbons (Fsp3) is 0.538. The molecular formula is C13H20FNO. The standard InChI is InChI=1S/C13H20FNO/c1-4-11-6-7-13(12(14)10-11)16-9-5-8-15(2)3/h6-7,10H,4-5,8-9H2,1-3H3. The quantitative estimate of drug-likeness (QED) is 0.690. The summed E-state index contributed by atoms with van der Waals surface area (Å²) in [5.74, 6) is 0.0974. The third-order valence-electron chi connectivity index (χ3n) is 2.41. The van der Waals surface area contributed by atoms with Crippen molar-refractivity contribution in [2.24, 2.45) is 0 Å². The molecule has 0 N–H and O–H groups in total. The molecular weight excluding hydrogens is 205 g/mol. The molecule has 1 aromatic rings. The molecule has 0 aliphatic heterocycles. The Labute approximate surface area is 97.0 Å². The summed E-state index contributed by atoms with van der Waals surface area (Å²) in [5, 5.41) is 0. The second-order valence-electron chi connectivity index (χ2n) is 4.12. The fourth-order valence-corrected chi connectivity index (χ4v) is 1.44. The van der Waals surface area contributed by atoms with Gasteiger partial charge in [0, 0.05) is 6.54 Å². The number of halogens is 1. The highest BCUT2D eigenvalue weighted by molar-refractivity contribution is 5.29. The van der Waals surface area contributed by atoms with Crippen LogP contribution in [0.3, 0.4) is 0 Å². The van der Waals surface area contributed by atoms with Crippen LogP contribution in [-0.2, 0) is 6.42 Å². The van der Waals surface area contributed by atoms with Crippen LogP contribution in [0.5, 0.6) is 5.75 Å². The van der Waals surface area contributed by atoms with Gasteiger partial charge in [0.05, 0.1) is 6.61 Å². The molecule has 1 rings (SSSR count). The minimum Gasteiger partial charge on any atom is -0.490 e. The van der Waals surface area contributed by atoms with Gasteiger partial charge in [0.1, 0.15) is 0 Å². The number of hydrogen-bond acceptors (Lipinski definition) is 2. The number of hydrogen-bond donors (Lipinski definition) is 0. The third-order valence-corrected chi connectivity index (χ3v) is 2.41. The van der Waals surface area contributed by atoms with Gasteiger partial charge in [0.25, 0.3) is 0 Å². The minimum atomic E-state index is -0.260. The van der Waals surface area contributed by atoms with Crippen molar-refractivity contribution in [3.05, 3.63) is 29.6 Å². The maximum Gasteiger partial charge on any atom is 0.165 e. The number of benzene rings is 1. The Morgan fingerprint density at radius 3 is 2.62 bits per heavy atom. The number of nitrogens with zero attached hydrogens (tertiary/aromatic N) is 1. The lowest BCUT2D eigenvalue weighted by Crippen LogP contribution is -2.15. The van der Waals surface area contributed by atoms with Crippen LogP contribution in [0.25, 0.3) is 0 Å². The highest BCUT2D eigenvalue weighted by atomic mass is 19.1. The third kappa shape index (κ3) is 4.19. The van der Waals surface area contributed by atoms with E-state index < -0.39 is 0 Å². The monoisotopic (exact) mass is 225 g/mol. The summed E-state index contributed by atoms with van der Waals surface area (Å²) in [5.41, 5.74) is 0.998. The smallest absolute Gasteiger partial charge is 0.165 e. The lowest BCUT2D eigenvalue weighted by atomic mass is 10.1. The van der Waals surface area contributed by atoms with Crippen molar-refractivity contribution in [1.82, 2.24) is 4.90 Å². The van der Waals surface area contributed by atoms with Crippen molar-refractivity contribution in [2.45, 2.75) is 19.8 Å². The topological polar surface area (TPSA) is 12.5 Å². The van der Waals surface area contributed by atoms with E-state index in [1.807, 2.05) is 27.1 Å². The summed E-state index contributed by atoms with van der Waals surface area (Å²) < 4.78 is 18.9. The van der Waals surface area contributed by atoms with E-state index in [0.717, 1.165) is 24.9 Å². The van der Waals surface area contributed by atoms with E-state index in [-0.39, 0.29) is 5.82 Å². The van der Waals surface area contributed by atoms with E-state index in [1.54, 1.807) is 12.1 Å². The van der Waals surface area contributed by atoms with Crippen LogP contribution in [0.2, 0.25) is 0 Å². The molecule has 16 heavy (non-hydrogen) atoms. The summed E-state index contributed by atoms with van der Waals surface area (Å²) in [6.45, 7) is 3.52. The Morgan fingerprint density at radius 1 is 1.31 bits per heavy atom. The van der Waals surface area contributed by atoms with Gasteiger partial charge >= 0.3 is 0 Å². The van der Waals surface area contributed by atoms with Crippen LogP contribution in [-0.4, -0.2) is 32.1 Å². The average molecular weight is 225 g/mol. The molecule has 0 aliphatic carbocycles. The van der Waals surface area contributed by atoms with Crippen LogP contribution in [0.15, 0.2) is 18.2 Å². The van der Waals surface area contributed by atoms with Crippen LogP contribution in [0.4, 0.5) is 4.39 Å². The van der Waals surface area contributed by atoms with Crippen molar-refractivity contribution in [2.75, 3.05) is 27.2 Å². The molecule has 0 amide bonds. The molecule has 90 valence electrons. The molecule has 0 bridgehead atoms. The zero-order valence-electron chi connectivity index (χ0n) is 10.3. The minimum absolute atomic E-state index is 0.260. The molecule has 0 aromatic heterocycles. The average Bonchev–Trinajstić information content (AvgIpc) is 2.25. The molecule has 0 fully saturated rings. The normalized spacial score (nSPS) is 10.8. The van der Waals surface area contributed by atoms with Crippen LogP contribution < -0.4 is 4.74 Å². The number of aryl methyl sites for hydroxylation is 1. The second-order valence-corrected chi connectivity index (χ2v) is 4.12. The molecule has 0 saturated heterocycles. The Balaban J connectivity index is 2.42. The Morgan fingerprint density at radius 2 is 2.06 bits per heavy atom. The van der Waals surface area contributed by atoms with Crippen LogP contribution in [0, 0.1) is 5.82 Å². The fourth-order valence-electron chi connectivity index (χ4n) is 1.44. The van der Waals surface area contributed by atoms with Gasteiger partial charge in [-0.15, -0.1) is 0 Å². The Hall–Kier alpha value is -1.09. The molecule has 0 aliphatic rings. The van der Waals surface area contributed by atoms with Crippen molar-refractivity contribution in [1.29, 1.82) is 0 Å². The summed E-state index contributed by atoms with van der Waals surface area (Å²) in [4.78, 5) is 2.08. The Kier molecular flexibility index (Phi) is 5.26. The van der Waals surface area contributed by atoms with E-state index in [2.05, 4.69) is 4.90 Å². The largest absolute Gasteiger partial charge is 0.490 e. The molecule has 0 radical (unpaired) electrons. The second kappa shape index (κ2) is 6.48. The van der Waals surface area contributed by atoms with Gasteiger partial charge in [-0.05, 0) is 44.6 Å². The molecule has 0 heterocycles. The summed E-state index contributed by atoms with van der Waals surface area (Å²) >= 11 is 0. The number of rotatable bonds is 6. The first kappa shape index (κ1) is 13.0. The van der Waals surface area contributed by atoms with Gasteiger partial charge in [0.15, 0.2) is 11.6 Å². The molecule has 0 atom stereocenters. The first-order valence-corrected chi connectivity index (χ1v) is 5.69. The van der Waals surface area contributed by atoms with Crippen LogP contribution >= 0.6 is 0 Å². The molecule has 0 spiro atoms. The highest BCUT2D eigenvalue weighted by Gasteiger charge is 2.03. The Bertz CT molecular complexity index is 326. The SMILES string of the molecule is CCc1ccc(OCCCN(C)C)c(F)c1. The molecule has 0 saturated carbocycles. The zero-order chi connectivity index (χ0) is 12.0. The van der Waals surface area contributed by atoms with Gasteiger partial charge in [-0.3, -0.25) is 0 Å².